The third-order valence-corrected chi connectivity index (χ3v) is 3.95. The molecule has 0 aliphatic carbocycles. The summed E-state index contributed by atoms with van der Waals surface area (Å²) in [6, 6.07) is 12.2. The van der Waals surface area contributed by atoms with Crippen molar-refractivity contribution in [3.63, 3.8) is 0 Å². The summed E-state index contributed by atoms with van der Waals surface area (Å²) in [7, 11) is 0. The van der Waals surface area contributed by atoms with Crippen molar-refractivity contribution in [3.05, 3.63) is 58.3 Å². The SMILES string of the molecule is CC(=O)Oc1ccc2oc(C)c(C(=O)Nc3ccc(Br)cc3)c2c1. The van der Waals surface area contributed by atoms with Crippen LogP contribution in [0.25, 0.3) is 11.0 Å². The van der Waals surface area contributed by atoms with E-state index >= 15 is 0 Å². The molecule has 0 saturated carbocycles. The third kappa shape index (κ3) is 3.33. The molecule has 0 saturated heterocycles. The Balaban J connectivity index is 1.97. The van der Waals surface area contributed by atoms with Crippen LogP contribution in [0.1, 0.15) is 23.0 Å². The van der Waals surface area contributed by atoms with Gasteiger partial charge in [0.15, 0.2) is 0 Å². The van der Waals surface area contributed by atoms with Crippen LogP contribution in [0.15, 0.2) is 51.4 Å². The van der Waals surface area contributed by atoms with Crippen molar-refractivity contribution in [2.24, 2.45) is 0 Å². The molecule has 24 heavy (non-hydrogen) atoms. The predicted octanol–water partition coefficient (Wildman–Crippen LogP) is 4.68. The van der Waals surface area contributed by atoms with Crippen LogP contribution < -0.4 is 10.1 Å². The fraction of sp³-hybridized carbons (Fsp3) is 0.111. The number of hydrogen-bond donors (Lipinski definition) is 1. The van der Waals surface area contributed by atoms with E-state index in [1.165, 1.54) is 6.92 Å². The second-order valence-corrected chi connectivity index (χ2v) is 6.16. The highest BCUT2D eigenvalue weighted by Crippen LogP contribution is 2.30. The molecule has 0 spiro atoms. The number of aryl methyl sites for hydroxylation is 1. The van der Waals surface area contributed by atoms with E-state index in [0.717, 1.165) is 4.47 Å². The molecule has 1 amide bonds. The van der Waals surface area contributed by atoms with Crippen LogP contribution in [0.4, 0.5) is 5.69 Å². The van der Waals surface area contributed by atoms with Crippen LogP contribution in [0.5, 0.6) is 5.75 Å². The molecule has 0 radical (unpaired) electrons. The maximum Gasteiger partial charge on any atom is 0.308 e. The second-order valence-electron chi connectivity index (χ2n) is 5.25. The second kappa shape index (κ2) is 6.49. The van der Waals surface area contributed by atoms with Crippen molar-refractivity contribution in [3.8, 4) is 5.75 Å². The van der Waals surface area contributed by atoms with Gasteiger partial charge in [-0.2, -0.15) is 0 Å². The molecule has 0 unspecified atom stereocenters. The number of benzene rings is 2. The molecule has 2 aromatic carbocycles. The van der Waals surface area contributed by atoms with Gasteiger partial charge in [0.25, 0.3) is 5.91 Å². The molecule has 122 valence electrons. The predicted molar refractivity (Wildman–Crippen MR) is 94.4 cm³/mol. The van der Waals surface area contributed by atoms with Gasteiger partial charge in [-0.1, -0.05) is 15.9 Å². The first-order valence-corrected chi connectivity index (χ1v) is 8.02. The number of hydrogen-bond acceptors (Lipinski definition) is 4. The number of carbonyl (C=O) groups excluding carboxylic acids is 2. The summed E-state index contributed by atoms with van der Waals surface area (Å²) in [6.07, 6.45) is 0. The minimum Gasteiger partial charge on any atom is -0.461 e. The molecule has 0 fully saturated rings. The Kier molecular flexibility index (Phi) is 4.40. The molecule has 0 aliphatic rings. The van der Waals surface area contributed by atoms with E-state index < -0.39 is 5.97 Å². The van der Waals surface area contributed by atoms with Gasteiger partial charge in [-0.3, -0.25) is 9.59 Å². The lowest BCUT2D eigenvalue weighted by molar-refractivity contribution is -0.131. The molecule has 6 heteroatoms. The lowest BCUT2D eigenvalue weighted by Gasteiger charge is -2.05. The Labute approximate surface area is 146 Å². The number of anilines is 1. The molecule has 5 nitrogen and oxygen atoms in total. The molecule has 0 aliphatic heterocycles. The highest BCUT2D eigenvalue weighted by Gasteiger charge is 2.19. The number of nitrogens with one attached hydrogen (secondary N) is 1. The third-order valence-electron chi connectivity index (χ3n) is 3.43. The van der Waals surface area contributed by atoms with Crippen LogP contribution in [-0.4, -0.2) is 11.9 Å². The molecule has 1 N–H and O–H groups in total. The van der Waals surface area contributed by atoms with Crippen LogP contribution in [0.2, 0.25) is 0 Å². The average molecular weight is 388 g/mol. The summed E-state index contributed by atoms with van der Waals surface area (Å²) >= 11 is 3.35. The first-order valence-electron chi connectivity index (χ1n) is 7.22. The molecule has 3 rings (SSSR count). The molecular formula is C18H14BrNO4. The van der Waals surface area contributed by atoms with E-state index in [0.29, 0.717) is 33.7 Å². The molecule has 1 aromatic heterocycles. The zero-order chi connectivity index (χ0) is 17.3. The summed E-state index contributed by atoms with van der Waals surface area (Å²) < 4.78 is 11.6. The summed E-state index contributed by atoms with van der Waals surface area (Å²) in [5, 5.41) is 3.44. The van der Waals surface area contributed by atoms with Gasteiger partial charge < -0.3 is 14.5 Å². The van der Waals surface area contributed by atoms with Gasteiger partial charge in [0.2, 0.25) is 0 Å². The molecule has 0 bridgehead atoms. The maximum atomic E-state index is 12.6. The Morgan fingerprint density at radius 2 is 1.83 bits per heavy atom. The monoisotopic (exact) mass is 387 g/mol. The van der Waals surface area contributed by atoms with E-state index in [2.05, 4.69) is 21.2 Å². The molecule has 3 aromatic rings. The van der Waals surface area contributed by atoms with E-state index in [4.69, 9.17) is 9.15 Å². The maximum absolute atomic E-state index is 12.6. The minimum absolute atomic E-state index is 0.284. The van der Waals surface area contributed by atoms with E-state index in [9.17, 15) is 9.59 Å². The van der Waals surface area contributed by atoms with Gasteiger partial charge in [0.05, 0.1) is 5.56 Å². The van der Waals surface area contributed by atoms with E-state index in [-0.39, 0.29) is 5.91 Å². The smallest absolute Gasteiger partial charge is 0.308 e. The van der Waals surface area contributed by atoms with Gasteiger partial charge in [0.1, 0.15) is 17.1 Å². The summed E-state index contributed by atoms with van der Waals surface area (Å²) in [5.74, 6) is 0.164. The summed E-state index contributed by atoms with van der Waals surface area (Å²) in [6.45, 7) is 3.05. The van der Waals surface area contributed by atoms with Crippen molar-refractivity contribution in [1.82, 2.24) is 0 Å². The van der Waals surface area contributed by atoms with E-state index in [1.54, 1.807) is 37.3 Å². The molecular weight excluding hydrogens is 374 g/mol. The Morgan fingerprint density at radius 3 is 2.50 bits per heavy atom. The summed E-state index contributed by atoms with van der Waals surface area (Å²) in [5.41, 5.74) is 1.65. The number of ether oxygens (including phenoxy) is 1. The van der Waals surface area contributed by atoms with Gasteiger partial charge in [-0.25, -0.2) is 0 Å². The molecule has 1 heterocycles. The van der Waals surface area contributed by atoms with Gasteiger partial charge >= 0.3 is 5.97 Å². The first kappa shape index (κ1) is 16.3. The summed E-state index contributed by atoms with van der Waals surface area (Å²) in [4.78, 5) is 23.8. The quantitative estimate of drug-likeness (QED) is 0.523. The largest absolute Gasteiger partial charge is 0.461 e. The highest BCUT2D eigenvalue weighted by atomic mass is 79.9. The van der Waals surface area contributed by atoms with Crippen molar-refractivity contribution >= 4 is 44.5 Å². The van der Waals surface area contributed by atoms with Crippen molar-refractivity contribution < 1.29 is 18.7 Å². The number of esters is 1. The number of halogens is 1. The molecule has 0 atom stereocenters. The van der Waals surface area contributed by atoms with Crippen LogP contribution >= 0.6 is 15.9 Å². The average Bonchev–Trinajstić information content (AvgIpc) is 2.84. The zero-order valence-electron chi connectivity index (χ0n) is 13.1. The van der Waals surface area contributed by atoms with Gasteiger partial charge in [0, 0.05) is 22.5 Å². The number of rotatable bonds is 3. The van der Waals surface area contributed by atoms with Crippen LogP contribution in [0.3, 0.4) is 0 Å². The number of carbonyl (C=O) groups is 2. The van der Waals surface area contributed by atoms with Crippen molar-refractivity contribution in [2.75, 3.05) is 5.32 Å². The van der Waals surface area contributed by atoms with Gasteiger partial charge in [-0.15, -0.1) is 0 Å². The Morgan fingerprint density at radius 1 is 1.12 bits per heavy atom. The van der Waals surface area contributed by atoms with E-state index in [1.807, 2.05) is 12.1 Å². The van der Waals surface area contributed by atoms with Crippen molar-refractivity contribution in [1.29, 1.82) is 0 Å². The lowest BCUT2D eigenvalue weighted by Crippen LogP contribution is -2.12. The Bertz CT molecular complexity index is 928. The lowest BCUT2D eigenvalue weighted by atomic mass is 10.1. The van der Waals surface area contributed by atoms with Gasteiger partial charge in [-0.05, 0) is 49.4 Å². The highest BCUT2D eigenvalue weighted by molar-refractivity contribution is 9.10. The van der Waals surface area contributed by atoms with Crippen LogP contribution in [0, 0.1) is 6.92 Å². The zero-order valence-corrected chi connectivity index (χ0v) is 14.6. The van der Waals surface area contributed by atoms with Crippen LogP contribution in [-0.2, 0) is 4.79 Å². The number of amides is 1. The first-order chi connectivity index (χ1) is 11.4. The minimum atomic E-state index is -0.421. The number of fused-ring (bicyclic) bond motifs is 1. The Hall–Kier alpha value is -2.60. The normalized spacial score (nSPS) is 10.6. The topological polar surface area (TPSA) is 68.5 Å². The number of furan rings is 1. The fourth-order valence-corrected chi connectivity index (χ4v) is 2.70. The van der Waals surface area contributed by atoms with Crippen molar-refractivity contribution in [2.45, 2.75) is 13.8 Å². The fourth-order valence-electron chi connectivity index (χ4n) is 2.44. The standard InChI is InChI=1S/C18H14BrNO4/c1-10-17(18(22)20-13-5-3-12(19)4-6-13)15-9-14(24-11(2)21)7-8-16(15)23-10/h3-9H,1-2H3,(H,20,22).